The number of quaternary nitrogens is 1. The highest BCUT2D eigenvalue weighted by Crippen LogP contribution is 2.32. The van der Waals surface area contributed by atoms with E-state index in [1.807, 2.05) is 42.5 Å². The summed E-state index contributed by atoms with van der Waals surface area (Å²) in [6.45, 7) is 3.70. The Hall–Kier alpha value is -2.48. The minimum atomic E-state index is 0.0340. The number of carbonyl (C=O) groups excluding carboxylic acids is 1. The van der Waals surface area contributed by atoms with Gasteiger partial charge in [-0.1, -0.05) is 0 Å². The van der Waals surface area contributed by atoms with Crippen LogP contribution in [0.2, 0.25) is 0 Å². The second-order valence-corrected chi connectivity index (χ2v) is 7.55. The summed E-state index contributed by atoms with van der Waals surface area (Å²) in [5.74, 6) is 0.866. The molecule has 0 unspecified atom stereocenters. The Kier molecular flexibility index (Phi) is 5.33. The molecule has 1 saturated heterocycles. The molecular formula is C20H22N3O3S+. The number of methoxy groups -OCH3 is 1. The number of nitrogens with zero attached hydrogens (tertiary/aromatic N) is 1. The molecule has 2 aromatic carbocycles. The van der Waals surface area contributed by atoms with E-state index in [2.05, 4.69) is 10.3 Å². The van der Waals surface area contributed by atoms with Gasteiger partial charge in [-0.25, -0.2) is 4.98 Å². The molecule has 1 amide bonds. The van der Waals surface area contributed by atoms with Crippen LogP contribution in [0.4, 0.5) is 5.69 Å². The van der Waals surface area contributed by atoms with E-state index in [0.717, 1.165) is 58.5 Å². The summed E-state index contributed by atoms with van der Waals surface area (Å²) in [7, 11) is 1.66. The Morgan fingerprint density at radius 1 is 1.22 bits per heavy atom. The van der Waals surface area contributed by atoms with Crippen molar-refractivity contribution < 1.29 is 19.2 Å². The molecule has 1 aliphatic rings. The van der Waals surface area contributed by atoms with Crippen LogP contribution in [-0.2, 0) is 9.53 Å². The van der Waals surface area contributed by atoms with Crippen LogP contribution in [0.3, 0.4) is 0 Å². The van der Waals surface area contributed by atoms with Crippen molar-refractivity contribution in [1.29, 1.82) is 0 Å². The summed E-state index contributed by atoms with van der Waals surface area (Å²) < 4.78 is 11.7. The molecule has 6 nitrogen and oxygen atoms in total. The predicted octanol–water partition coefficient (Wildman–Crippen LogP) is 1.83. The molecule has 0 radical (unpaired) electrons. The lowest BCUT2D eigenvalue weighted by atomic mass is 10.2. The number of ether oxygens (including phenoxy) is 2. The Labute approximate surface area is 161 Å². The Morgan fingerprint density at radius 2 is 2.00 bits per heavy atom. The van der Waals surface area contributed by atoms with Crippen molar-refractivity contribution in [2.24, 2.45) is 0 Å². The minimum Gasteiger partial charge on any atom is -0.497 e. The first-order valence-corrected chi connectivity index (χ1v) is 9.79. The Balaban J connectivity index is 1.43. The third kappa shape index (κ3) is 4.27. The fourth-order valence-corrected chi connectivity index (χ4v) is 4.12. The van der Waals surface area contributed by atoms with Crippen LogP contribution in [0.25, 0.3) is 20.8 Å². The maximum absolute atomic E-state index is 12.2. The van der Waals surface area contributed by atoms with E-state index in [4.69, 9.17) is 9.47 Å². The fourth-order valence-electron chi connectivity index (χ4n) is 3.12. The van der Waals surface area contributed by atoms with Crippen LogP contribution >= 0.6 is 11.3 Å². The number of anilines is 1. The average Bonchev–Trinajstić information content (AvgIpc) is 3.12. The number of hydrogen-bond acceptors (Lipinski definition) is 5. The first-order chi connectivity index (χ1) is 13.2. The van der Waals surface area contributed by atoms with Crippen LogP contribution in [0, 0.1) is 0 Å². The Bertz CT molecular complexity index is 933. The van der Waals surface area contributed by atoms with E-state index in [9.17, 15) is 4.79 Å². The highest BCUT2D eigenvalue weighted by Gasteiger charge is 2.17. The molecule has 0 bridgehead atoms. The van der Waals surface area contributed by atoms with Gasteiger partial charge in [-0.05, 0) is 42.5 Å². The largest absolute Gasteiger partial charge is 0.497 e. The van der Waals surface area contributed by atoms with Gasteiger partial charge in [0.05, 0.1) is 30.5 Å². The summed E-state index contributed by atoms with van der Waals surface area (Å²) in [6.07, 6.45) is 0. The van der Waals surface area contributed by atoms with Crippen molar-refractivity contribution >= 4 is 33.1 Å². The van der Waals surface area contributed by atoms with Crippen molar-refractivity contribution in [3.05, 3.63) is 42.5 Å². The molecule has 0 aliphatic carbocycles. The van der Waals surface area contributed by atoms with Crippen molar-refractivity contribution in [2.75, 3.05) is 45.3 Å². The van der Waals surface area contributed by atoms with Gasteiger partial charge < -0.3 is 19.7 Å². The van der Waals surface area contributed by atoms with Gasteiger partial charge in [-0.3, -0.25) is 4.79 Å². The maximum atomic E-state index is 12.2. The number of rotatable bonds is 5. The number of amides is 1. The van der Waals surface area contributed by atoms with E-state index >= 15 is 0 Å². The molecule has 2 N–H and O–H groups in total. The topological polar surface area (TPSA) is 64.9 Å². The molecule has 0 spiro atoms. The van der Waals surface area contributed by atoms with Gasteiger partial charge in [-0.15, -0.1) is 11.3 Å². The zero-order valence-corrected chi connectivity index (χ0v) is 16.0. The number of fused-ring (bicyclic) bond motifs is 1. The SMILES string of the molecule is COc1ccc2nc(-c3ccc(NC(=O)C[NH+]4CCOCC4)cc3)sc2c1. The van der Waals surface area contributed by atoms with Crippen molar-refractivity contribution in [3.8, 4) is 16.3 Å². The molecule has 3 aromatic rings. The maximum Gasteiger partial charge on any atom is 0.279 e. The lowest BCUT2D eigenvalue weighted by Crippen LogP contribution is -3.15. The van der Waals surface area contributed by atoms with Crippen LogP contribution in [0.15, 0.2) is 42.5 Å². The number of hydrogen-bond donors (Lipinski definition) is 2. The van der Waals surface area contributed by atoms with Crippen LogP contribution in [0.5, 0.6) is 5.75 Å². The number of carbonyl (C=O) groups is 1. The highest BCUT2D eigenvalue weighted by molar-refractivity contribution is 7.21. The van der Waals surface area contributed by atoms with Crippen molar-refractivity contribution in [3.63, 3.8) is 0 Å². The van der Waals surface area contributed by atoms with Crippen molar-refractivity contribution in [2.45, 2.75) is 0 Å². The summed E-state index contributed by atoms with van der Waals surface area (Å²) in [6, 6.07) is 13.7. The molecule has 0 saturated carbocycles. The molecule has 1 aromatic heterocycles. The number of aromatic nitrogens is 1. The number of morpholine rings is 1. The highest BCUT2D eigenvalue weighted by atomic mass is 32.1. The number of nitrogens with one attached hydrogen (secondary N) is 2. The lowest BCUT2D eigenvalue weighted by Gasteiger charge is -2.23. The standard InChI is InChI=1S/C20H21N3O3S/c1-25-16-6-7-17-18(12-16)27-20(22-17)14-2-4-15(5-3-14)21-19(24)13-23-8-10-26-11-9-23/h2-7,12H,8-11,13H2,1H3,(H,21,24)/p+1. The lowest BCUT2D eigenvalue weighted by molar-refractivity contribution is -0.899. The Morgan fingerprint density at radius 3 is 2.74 bits per heavy atom. The summed E-state index contributed by atoms with van der Waals surface area (Å²) in [5.41, 5.74) is 2.80. The molecule has 1 fully saturated rings. The molecule has 4 rings (SSSR count). The normalized spacial score (nSPS) is 15.0. The zero-order chi connectivity index (χ0) is 18.6. The fraction of sp³-hybridized carbons (Fsp3) is 0.300. The monoisotopic (exact) mass is 384 g/mol. The van der Waals surface area contributed by atoms with Gasteiger partial charge in [-0.2, -0.15) is 0 Å². The quantitative estimate of drug-likeness (QED) is 0.704. The van der Waals surface area contributed by atoms with E-state index in [1.165, 1.54) is 4.90 Å². The van der Waals surface area contributed by atoms with E-state index in [-0.39, 0.29) is 5.91 Å². The van der Waals surface area contributed by atoms with Gasteiger partial charge in [0.1, 0.15) is 23.8 Å². The third-order valence-corrected chi connectivity index (χ3v) is 5.69. The van der Waals surface area contributed by atoms with E-state index in [1.54, 1.807) is 18.4 Å². The number of benzene rings is 2. The number of thiazole rings is 1. The van der Waals surface area contributed by atoms with Gasteiger partial charge in [0.2, 0.25) is 0 Å². The molecule has 2 heterocycles. The summed E-state index contributed by atoms with van der Waals surface area (Å²) in [5, 5.41) is 3.93. The van der Waals surface area contributed by atoms with Crippen LogP contribution < -0.4 is 15.0 Å². The summed E-state index contributed by atoms with van der Waals surface area (Å²) >= 11 is 1.63. The molecule has 7 heteroatoms. The van der Waals surface area contributed by atoms with E-state index in [0.29, 0.717) is 6.54 Å². The second-order valence-electron chi connectivity index (χ2n) is 6.52. The average molecular weight is 384 g/mol. The zero-order valence-electron chi connectivity index (χ0n) is 15.2. The van der Waals surface area contributed by atoms with Gasteiger partial charge in [0, 0.05) is 11.3 Å². The molecule has 0 atom stereocenters. The van der Waals surface area contributed by atoms with Gasteiger partial charge >= 0.3 is 0 Å². The molecule has 1 aliphatic heterocycles. The second kappa shape index (κ2) is 8.04. The van der Waals surface area contributed by atoms with E-state index < -0.39 is 0 Å². The minimum absolute atomic E-state index is 0.0340. The van der Waals surface area contributed by atoms with Crippen LogP contribution in [-0.4, -0.2) is 50.8 Å². The molecular weight excluding hydrogens is 362 g/mol. The van der Waals surface area contributed by atoms with Crippen LogP contribution in [0.1, 0.15) is 0 Å². The smallest absolute Gasteiger partial charge is 0.279 e. The predicted molar refractivity (Wildman–Crippen MR) is 107 cm³/mol. The molecule has 140 valence electrons. The van der Waals surface area contributed by atoms with Crippen molar-refractivity contribution in [1.82, 2.24) is 4.98 Å². The summed E-state index contributed by atoms with van der Waals surface area (Å²) in [4.78, 5) is 18.2. The first-order valence-electron chi connectivity index (χ1n) is 8.97. The first kappa shape index (κ1) is 17.9. The third-order valence-electron chi connectivity index (χ3n) is 4.62. The van der Waals surface area contributed by atoms with Gasteiger partial charge in [0.25, 0.3) is 5.91 Å². The van der Waals surface area contributed by atoms with Gasteiger partial charge in [0.15, 0.2) is 6.54 Å². The molecule has 27 heavy (non-hydrogen) atoms.